The average molecular weight is 413 g/mol. The van der Waals surface area contributed by atoms with Crippen molar-refractivity contribution in [3.8, 4) is 11.5 Å². The number of hydrogen-bond donors (Lipinski definition) is 1. The van der Waals surface area contributed by atoms with Crippen LogP contribution in [0.5, 0.6) is 11.5 Å². The number of methoxy groups -OCH3 is 1. The molecule has 1 amide bonds. The molecule has 1 atom stereocenters. The first kappa shape index (κ1) is 21.8. The Balaban J connectivity index is 1.38. The van der Waals surface area contributed by atoms with Gasteiger partial charge in [-0.25, -0.2) is 4.39 Å². The summed E-state index contributed by atoms with van der Waals surface area (Å²) in [6, 6.07) is 13.8. The summed E-state index contributed by atoms with van der Waals surface area (Å²) in [4.78, 5) is 14.5. The van der Waals surface area contributed by atoms with Crippen molar-refractivity contribution >= 4 is 12.0 Å². The lowest BCUT2D eigenvalue weighted by atomic mass is 9.98. The molecule has 0 bridgehead atoms. The van der Waals surface area contributed by atoms with Crippen LogP contribution in [0.4, 0.5) is 4.39 Å². The molecule has 5 nitrogen and oxygen atoms in total. The number of hydrogen-bond acceptors (Lipinski definition) is 4. The lowest BCUT2D eigenvalue weighted by Gasteiger charge is -2.32. The van der Waals surface area contributed by atoms with Crippen molar-refractivity contribution in [2.45, 2.75) is 12.8 Å². The van der Waals surface area contributed by atoms with Crippen molar-refractivity contribution in [1.82, 2.24) is 10.2 Å². The molecule has 6 heteroatoms. The van der Waals surface area contributed by atoms with Gasteiger partial charge in [0.25, 0.3) is 5.91 Å². The fourth-order valence-corrected chi connectivity index (χ4v) is 3.59. The summed E-state index contributed by atoms with van der Waals surface area (Å²) in [6.45, 7) is 3.46. The Kier molecular flexibility index (Phi) is 8.27. The summed E-state index contributed by atoms with van der Waals surface area (Å²) in [5, 5.41) is 2.98. The van der Waals surface area contributed by atoms with E-state index in [1.165, 1.54) is 12.1 Å². The molecule has 0 spiro atoms. The molecular formula is C24H29FN2O3. The maximum absolute atomic E-state index is 13.0. The SMILES string of the molecule is COc1ccccc1OCC(=O)NC[C@H]1CCCN(C/C=C/c2ccc(F)cc2)C1. The van der Waals surface area contributed by atoms with E-state index >= 15 is 0 Å². The fourth-order valence-electron chi connectivity index (χ4n) is 3.59. The van der Waals surface area contributed by atoms with E-state index in [0.29, 0.717) is 24.0 Å². The van der Waals surface area contributed by atoms with Crippen molar-refractivity contribution in [2.24, 2.45) is 5.92 Å². The Hall–Kier alpha value is -2.86. The third kappa shape index (κ3) is 6.88. The van der Waals surface area contributed by atoms with Gasteiger partial charge in [0.1, 0.15) is 5.82 Å². The number of likely N-dealkylation sites (tertiary alicyclic amines) is 1. The number of nitrogens with one attached hydrogen (secondary N) is 1. The number of halogens is 1. The standard InChI is InChI=1S/C24H29FN2O3/c1-29-22-8-2-3-9-23(22)30-18-24(28)26-16-20-7-5-15-27(17-20)14-4-6-19-10-12-21(25)13-11-19/h2-4,6,8-13,20H,5,7,14-18H2,1H3,(H,26,28)/b6-4+/t20-/m1/s1. The lowest BCUT2D eigenvalue weighted by Crippen LogP contribution is -2.41. The normalized spacial score (nSPS) is 17.1. The second-order valence-electron chi connectivity index (χ2n) is 7.47. The summed E-state index contributed by atoms with van der Waals surface area (Å²) >= 11 is 0. The van der Waals surface area contributed by atoms with Gasteiger partial charge in [-0.15, -0.1) is 0 Å². The molecule has 30 heavy (non-hydrogen) atoms. The number of rotatable bonds is 9. The summed E-state index contributed by atoms with van der Waals surface area (Å²) in [7, 11) is 1.58. The van der Waals surface area contributed by atoms with Crippen molar-refractivity contribution in [3.05, 3.63) is 66.0 Å². The Bertz CT molecular complexity index is 839. The highest BCUT2D eigenvalue weighted by atomic mass is 19.1. The minimum atomic E-state index is -0.221. The summed E-state index contributed by atoms with van der Waals surface area (Å²) < 4.78 is 23.8. The molecule has 1 N–H and O–H groups in total. The Morgan fingerprint density at radius 2 is 1.97 bits per heavy atom. The molecular weight excluding hydrogens is 383 g/mol. The van der Waals surface area contributed by atoms with Crippen molar-refractivity contribution in [2.75, 3.05) is 39.9 Å². The first-order valence-corrected chi connectivity index (χ1v) is 10.3. The summed E-state index contributed by atoms with van der Waals surface area (Å²) in [5.74, 6) is 1.25. The second kappa shape index (κ2) is 11.4. The molecule has 1 fully saturated rings. The van der Waals surface area contributed by atoms with Crippen LogP contribution < -0.4 is 14.8 Å². The van der Waals surface area contributed by atoms with E-state index < -0.39 is 0 Å². The van der Waals surface area contributed by atoms with Crippen LogP contribution in [0.3, 0.4) is 0 Å². The third-order valence-corrected chi connectivity index (χ3v) is 5.16. The fraction of sp³-hybridized carbons (Fsp3) is 0.375. The monoisotopic (exact) mass is 412 g/mol. The smallest absolute Gasteiger partial charge is 0.257 e. The van der Waals surface area contributed by atoms with E-state index in [9.17, 15) is 9.18 Å². The van der Waals surface area contributed by atoms with Crippen LogP contribution in [-0.4, -0.2) is 50.7 Å². The van der Waals surface area contributed by atoms with E-state index in [1.807, 2.05) is 18.2 Å². The molecule has 2 aromatic rings. The van der Waals surface area contributed by atoms with E-state index in [4.69, 9.17) is 9.47 Å². The van der Waals surface area contributed by atoms with Gasteiger partial charge >= 0.3 is 0 Å². The van der Waals surface area contributed by atoms with Crippen LogP contribution in [0.25, 0.3) is 6.08 Å². The van der Waals surface area contributed by atoms with Gasteiger partial charge in [0.2, 0.25) is 0 Å². The zero-order chi connectivity index (χ0) is 21.2. The molecule has 3 rings (SSSR count). The molecule has 160 valence electrons. The highest BCUT2D eigenvalue weighted by molar-refractivity contribution is 5.77. The van der Waals surface area contributed by atoms with Crippen LogP contribution in [-0.2, 0) is 4.79 Å². The third-order valence-electron chi connectivity index (χ3n) is 5.16. The number of piperidine rings is 1. The number of carbonyl (C=O) groups is 1. The Morgan fingerprint density at radius 1 is 1.20 bits per heavy atom. The van der Waals surface area contributed by atoms with Gasteiger partial charge in [-0.2, -0.15) is 0 Å². The molecule has 1 aliphatic heterocycles. The van der Waals surface area contributed by atoms with Gasteiger partial charge in [0, 0.05) is 19.6 Å². The Labute approximate surface area is 177 Å². The summed E-state index contributed by atoms with van der Waals surface area (Å²) in [5.41, 5.74) is 0.993. The first-order valence-electron chi connectivity index (χ1n) is 10.3. The molecule has 2 aromatic carbocycles. The van der Waals surface area contributed by atoms with E-state index in [2.05, 4.69) is 16.3 Å². The molecule has 0 radical (unpaired) electrons. The highest BCUT2D eigenvalue weighted by Crippen LogP contribution is 2.25. The molecule has 1 saturated heterocycles. The molecule has 1 heterocycles. The largest absolute Gasteiger partial charge is 0.493 e. The van der Waals surface area contributed by atoms with Gasteiger partial charge in [0.05, 0.1) is 7.11 Å². The number of carbonyl (C=O) groups excluding carboxylic acids is 1. The van der Waals surface area contributed by atoms with E-state index in [0.717, 1.165) is 38.0 Å². The highest BCUT2D eigenvalue weighted by Gasteiger charge is 2.19. The maximum Gasteiger partial charge on any atom is 0.257 e. The minimum Gasteiger partial charge on any atom is -0.493 e. The predicted octanol–water partition coefficient (Wildman–Crippen LogP) is 3.75. The topological polar surface area (TPSA) is 50.8 Å². The maximum atomic E-state index is 13.0. The molecule has 0 saturated carbocycles. The van der Waals surface area contributed by atoms with E-state index in [-0.39, 0.29) is 18.3 Å². The summed E-state index contributed by atoms with van der Waals surface area (Å²) in [6.07, 6.45) is 6.34. The van der Waals surface area contributed by atoms with Crippen LogP contribution in [0, 0.1) is 11.7 Å². The van der Waals surface area contributed by atoms with Crippen LogP contribution in [0.2, 0.25) is 0 Å². The zero-order valence-corrected chi connectivity index (χ0v) is 17.4. The first-order chi connectivity index (χ1) is 14.6. The molecule has 1 aliphatic rings. The van der Waals surface area contributed by atoms with Gasteiger partial charge < -0.3 is 14.8 Å². The van der Waals surface area contributed by atoms with Gasteiger partial charge in [-0.05, 0) is 55.1 Å². The molecule has 0 unspecified atom stereocenters. The van der Waals surface area contributed by atoms with Crippen LogP contribution >= 0.6 is 0 Å². The Morgan fingerprint density at radius 3 is 2.73 bits per heavy atom. The number of para-hydroxylation sites is 2. The lowest BCUT2D eigenvalue weighted by molar-refractivity contribution is -0.123. The number of nitrogens with zero attached hydrogens (tertiary/aromatic N) is 1. The van der Waals surface area contributed by atoms with Crippen molar-refractivity contribution < 1.29 is 18.7 Å². The quantitative estimate of drug-likeness (QED) is 0.682. The molecule has 0 aliphatic carbocycles. The van der Waals surface area contributed by atoms with Gasteiger partial charge in [-0.3, -0.25) is 9.69 Å². The predicted molar refractivity (Wildman–Crippen MR) is 116 cm³/mol. The number of ether oxygens (including phenoxy) is 2. The second-order valence-corrected chi connectivity index (χ2v) is 7.47. The average Bonchev–Trinajstić information content (AvgIpc) is 2.78. The number of benzene rings is 2. The molecule has 0 aromatic heterocycles. The zero-order valence-electron chi connectivity index (χ0n) is 17.4. The van der Waals surface area contributed by atoms with Crippen molar-refractivity contribution in [3.63, 3.8) is 0 Å². The van der Waals surface area contributed by atoms with E-state index in [1.54, 1.807) is 31.4 Å². The number of amides is 1. The minimum absolute atomic E-state index is 0.0305. The van der Waals surface area contributed by atoms with Gasteiger partial charge in [-0.1, -0.05) is 36.4 Å². The van der Waals surface area contributed by atoms with Crippen LogP contribution in [0.1, 0.15) is 18.4 Å². The van der Waals surface area contributed by atoms with Crippen LogP contribution in [0.15, 0.2) is 54.6 Å². The van der Waals surface area contributed by atoms with Gasteiger partial charge in [0.15, 0.2) is 18.1 Å². The van der Waals surface area contributed by atoms with Crippen molar-refractivity contribution in [1.29, 1.82) is 0 Å².